The van der Waals surface area contributed by atoms with Crippen LogP contribution in [0.3, 0.4) is 0 Å². The molecule has 1 N–H and O–H groups in total. The summed E-state index contributed by atoms with van der Waals surface area (Å²) in [6.07, 6.45) is 0.575. The lowest BCUT2D eigenvalue weighted by molar-refractivity contribution is 0.554. The van der Waals surface area contributed by atoms with E-state index in [0.29, 0.717) is 17.0 Å². The molecule has 1 nitrogen and oxygen atoms in total. The minimum atomic E-state index is -0.209. The third-order valence-corrected chi connectivity index (χ3v) is 3.66. The van der Waals surface area contributed by atoms with Gasteiger partial charge in [-0.05, 0) is 56.6 Å². The summed E-state index contributed by atoms with van der Waals surface area (Å²) in [4.78, 5) is 0. The fraction of sp³-hybridized carbons (Fsp3) is 0.294. The number of halogens is 2. The van der Waals surface area contributed by atoms with Crippen molar-refractivity contribution in [2.75, 3.05) is 7.05 Å². The van der Waals surface area contributed by atoms with Crippen molar-refractivity contribution in [2.24, 2.45) is 0 Å². The van der Waals surface area contributed by atoms with Crippen molar-refractivity contribution in [3.05, 3.63) is 69.5 Å². The molecule has 20 heavy (non-hydrogen) atoms. The SMILES string of the molecule is CNC(Cc1cc(Cl)ccc1F)c1cc(C)cc(C)c1. The van der Waals surface area contributed by atoms with E-state index in [4.69, 9.17) is 11.6 Å². The highest BCUT2D eigenvalue weighted by Crippen LogP contribution is 2.24. The van der Waals surface area contributed by atoms with Crippen molar-refractivity contribution in [2.45, 2.75) is 26.3 Å². The molecule has 1 unspecified atom stereocenters. The van der Waals surface area contributed by atoms with E-state index in [-0.39, 0.29) is 11.9 Å². The molecule has 0 aliphatic rings. The molecule has 106 valence electrons. The number of hydrogen-bond donors (Lipinski definition) is 1. The molecule has 2 aromatic rings. The Labute approximate surface area is 124 Å². The second kappa shape index (κ2) is 6.38. The molecule has 0 bridgehead atoms. The summed E-state index contributed by atoms with van der Waals surface area (Å²) in [5.74, 6) is -0.209. The van der Waals surface area contributed by atoms with Gasteiger partial charge in [-0.15, -0.1) is 0 Å². The number of benzene rings is 2. The van der Waals surface area contributed by atoms with Crippen LogP contribution in [-0.4, -0.2) is 7.05 Å². The number of aryl methyl sites for hydroxylation is 2. The second-order valence-corrected chi connectivity index (χ2v) is 5.64. The topological polar surface area (TPSA) is 12.0 Å². The maximum absolute atomic E-state index is 13.9. The highest BCUT2D eigenvalue weighted by atomic mass is 35.5. The number of rotatable bonds is 4. The van der Waals surface area contributed by atoms with Crippen LogP contribution >= 0.6 is 11.6 Å². The number of likely N-dealkylation sites (N-methyl/N-ethyl adjacent to an activating group) is 1. The molecular formula is C17H19ClFN. The first-order valence-corrected chi connectivity index (χ1v) is 7.07. The van der Waals surface area contributed by atoms with Crippen LogP contribution < -0.4 is 5.32 Å². The standard InChI is InChI=1S/C17H19ClFN/c1-11-6-12(2)8-14(7-11)17(20-3)10-13-9-15(18)4-5-16(13)19/h4-9,17,20H,10H2,1-3H3. The van der Waals surface area contributed by atoms with Gasteiger partial charge >= 0.3 is 0 Å². The van der Waals surface area contributed by atoms with Crippen LogP contribution in [0.5, 0.6) is 0 Å². The molecule has 3 heteroatoms. The zero-order chi connectivity index (χ0) is 14.7. The zero-order valence-corrected chi connectivity index (χ0v) is 12.8. The highest BCUT2D eigenvalue weighted by Gasteiger charge is 2.14. The summed E-state index contributed by atoms with van der Waals surface area (Å²) < 4.78 is 13.9. The van der Waals surface area contributed by atoms with E-state index in [1.165, 1.54) is 22.8 Å². The van der Waals surface area contributed by atoms with Gasteiger partial charge in [-0.1, -0.05) is 40.9 Å². The van der Waals surface area contributed by atoms with E-state index in [1.54, 1.807) is 12.1 Å². The van der Waals surface area contributed by atoms with Crippen LogP contribution in [0.25, 0.3) is 0 Å². The fourth-order valence-corrected chi connectivity index (χ4v) is 2.71. The van der Waals surface area contributed by atoms with Gasteiger partial charge in [0.25, 0.3) is 0 Å². The predicted molar refractivity (Wildman–Crippen MR) is 82.8 cm³/mol. The van der Waals surface area contributed by atoms with Gasteiger partial charge in [-0.25, -0.2) is 4.39 Å². The van der Waals surface area contributed by atoms with Crippen LogP contribution in [0.15, 0.2) is 36.4 Å². The molecule has 2 rings (SSSR count). The maximum Gasteiger partial charge on any atom is 0.126 e. The Balaban J connectivity index is 2.30. The molecular weight excluding hydrogens is 273 g/mol. The molecule has 1 atom stereocenters. The zero-order valence-electron chi connectivity index (χ0n) is 12.0. The molecule has 0 aliphatic heterocycles. The van der Waals surface area contributed by atoms with Gasteiger partial charge in [0.2, 0.25) is 0 Å². The molecule has 0 saturated heterocycles. The van der Waals surface area contributed by atoms with Gasteiger partial charge in [0.1, 0.15) is 5.82 Å². The van der Waals surface area contributed by atoms with E-state index in [1.807, 2.05) is 7.05 Å². The number of nitrogens with one attached hydrogen (secondary N) is 1. The summed E-state index contributed by atoms with van der Waals surface area (Å²) >= 11 is 5.95. The average molecular weight is 292 g/mol. The lowest BCUT2D eigenvalue weighted by Crippen LogP contribution is -2.19. The van der Waals surface area contributed by atoms with Crippen LogP contribution in [-0.2, 0) is 6.42 Å². The predicted octanol–water partition coefficient (Wildman–Crippen LogP) is 4.60. The van der Waals surface area contributed by atoms with Crippen molar-refractivity contribution < 1.29 is 4.39 Å². The van der Waals surface area contributed by atoms with Crippen molar-refractivity contribution >= 4 is 11.6 Å². The Bertz CT molecular complexity index is 590. The van der Waals surface area contributed by atoms with Gasteiger partial charge in [0.05, 0.1) is 0 Å². The lowest BCUT2D eigenvalue weighted by Gasteiger charge is -2.18. The van der Waals surface area contributed by atoms with Gasteiger partial charge in [-0.2, -0.15) is 0 Å². The normalized spacial score (nSPS) is 12.4. The first kappa shape index (κ1) is 15.0. The molecule has 0 aliphatic carbocycles. The molecule has 0 fully saturated rings. The molecule has 0 heterocycles. The Hall–Kier alpha value is -1.38. The Morgan fingerprint density at radius 2 is 1.75 bits per heavy atom. The Morgan fingerprint density at radius 3 is 2.35 bits per heavy atom. The molecule has 0 aromatic heterocycles. The summed E-state index contributed by atoms with van der Waals surface area (Å²) in [7, 11) is 1.89. The van der Waals surface area contributed by atoms with E-state index in [9.17, 15) is 4.39 Å². The van der Waals surface area contributed by atoms with Crippen LogP contribution in [0.4, 0.5) is 4.39 Å². The summed E-state index contributed by atoms with van der Waals surface area (Å²) in [6.45, 7) is 4.15. The van der Waals surface area contributed by atoms with Crippen molar-refractivity contribution in [3.8, 4) is 0 Å². The number of hydrogen-bond acceptors (Lipinski definition) is 1. The maximum atomic E-state index is 13.9. The van der Waals surface area contributed by atoms with Crippen molar-refractivity contribution in [3.63, 3.8) is 0 Å². The van der Waals surface area contributed by atoms with E-state index in [2.05, 4.69) is 37.4 Å². The molecule has 0 spiro atoms. The summed E-state index contributed by atoms with van der Waals surface area (Å²) in [5, 5.41) is 3.82. The molecule has 0 amide bonds. The minimum absolute atomic E-state index is 0.0709. The van der Waals surface area contributed by atoms with E-state index >= 15 is 0 Å². The van der Waals surface area contributed by atoms with Crippen molar-refractivity contribution in [1.82, 2.24) is 5.32 Å². The van der Waals surface area contributed by atoms with Crippen LogP contribution in [0, 0.1) is 19.7 Å². The summed E-state index contributed by atoms with van der Waals surface area (Å²) in [6, 6.07) is 11.2. The first-order chi connectivity index (χ1) is 9.49. The van der Waals surface area contributed by atoms with Gasteiger partial charge < -0.3 is 5.32 Å². The third-order valence-electron chi connectivity index (χ3n) is 3.43. The lowest BCUT2D eigenvalue weighted by atomic mass is 9.96. The molecule has 2 aromatic carbocycles. The van der Waals surface area contributed by atoms with Crippen LogP contribution in [0.2, 0.25) is 5.02 Å². The Morgan fingerprint density at radius 1 is 1.10 bits per heavy atom. The average Bonchev–Trinajstić information content (AvgIpc) is 2.38. The Kier molecular flexibility index (Phi) is 4.79. The first-order valence-electron chi connectivity index (χ1n) is 6.69. The second-order valence-electron chi connectivity index (χ2n) is 5.20. The highest BCUT2D eigenvalue weighted by molar-refractivity contribution is 6.30. The summed E-state index contributed by atoms with van der Waals surface area (Å²) in [5.41, 5.74) is 4.24. The largest absolute Gasteiger partial charge is 0.313 e. The van der Waals surface area contributed by atoms with Crippen LogP contribution in [0.1, 0.15) is 28.3 Å². The van der Waals surface area contributed by atoms with Gasteiger partial charge in [-0.3, -0.25) is 0 Å². The minimum Gasteiger partial charge on any atom is -0.313 e. The monoisotopic (exact) mass is 291 g/mol. The molecule has 0 radical (unpaired) electrons. The van der Waals surface area contributed by atoms with Gasteiger partial charge in [0, 0.05) is 11.1 Å². The van der Waals surface area contributed by atoms with Crippen molar-refractivity contribution in [1.29, 1.82) is 0 Å². The quantitative estimate of drug-likeness (QED) is 0.868. The van der Waals surface area contributed by atoms with Gasteiger partial charge in [0.15, 0.2) is 0 Å². The smallest absolute Gasteiger partial charge is 0.126 e. The van der Waals surface area contributed by atoms with E-state index < -0.39 is 0 Å². The molecule has 0 saturated carbocycles. The van der Waals surface area contributed by atoms with E-state index in [0.717, 1.165) is 0 Å². The third kappa shape index (κ3) is 3.59. The fourth-order valence-electron chi connectivity index (χ4n) is 2.52.